The molecule has 0 atom stereocenters. The number of para-hydroxylation sites is 1. The van der Waals surface area contributed by atoms with Gasteiger partial charge in [-0.15, -0.1) is 0 Å². The van der Waals surface area contributed by atoms with E-state index in [0.29, 0.717) is 26.2 Å². The fourth-order valence-corrected chi connectivity index (χ4v) is 2.91. The topological polar surface area (TPSA) is 64.7 Å². The second-order valence-corrected chi connectivity index (χ2v) is 6.59. The first-order chi connectivity index (χ1) is 13.0. The minimum Gasteiger partial charge on any atom is -0.325 e. The summed E-state index contributed by atoms with van der Waals surface area (Å²) < 4.78 is 13.6. The molecule has 0 unspecified atom stereocenters. The zero-order valence-electron chi connectivity index (χ0n) is 15.2. The quantitative estimate of drug-likeness (QED) is 0.870. The Hall–Kier alpha value is -2.93. The number of hydrogen-bond donors (Lipinski definition) is 2. The molecule has 0 saturated carbocycles. The number of halogens is 1. The minimum absolute atomic E-state index is 0.0805. The molecule has 2 aromatic rings. The standard InChI is InChI=1S/C20H23FN4O2/c1-15-6-8-16(9-7-15)22-19(26)14-24-10-12-25(13-11-24)20(27)23-18-5-3-2-4-17(18)21/h2-9H,10-14H2,1H3,(H,22,26)(H,23,27). The van der Waals surface area contributed by atoms with Crippen molar-refractivity contribution in [2.24, 2.45) is 0 Å². The summed E-state index contributed by atoms with van der Waals surface area (Å²) in [5.74, 6) is -0.541. The Morgan fingerprint density at radius 3 is 2.30 bits per heavy atom. The summed E-state index contributed by atoms with van der Waals surface area (Å²) in [6.45, 7) is 4.41. The van der Waals surface area contributed by atoms with Crippen LogP contribution in [0.1, 0.15) is 5.56 Å². The van der Waals surface area contributed by atoms with Crippen molar-refractivity contribution < 1.29 is 14.0 Å². The van der Waals surface area contributed by atoms with E-state index in [1.165, 1.54) is 12.1 Å². The summed E-state index contributed by atoms with van der Waals surface area (Å²) in [6, 6.07) is 13.4. The van der Waals surface area contributed by atoms with Crippen LogP contribution >= 0.6 is 0 Å². The molecule has 0 aliphatic carbocycles. The van der Waals surface area contributed by atoms with E-state index in [-0.39, 0.29) is 24.2 Å². The third kappa shape index (κ3) is 5.27. The van der Waals surface area contributed by atoms with E-state index in [9.17, 15) is 14.0 Å². The predicted octanol–water partition coefficient (Wildman–Crippen LogP) is 2.92. The van der Waals surface area contributed by atoms with Crippen LogP contribution in [0.2, 0.25) is 0 Å². The van der Waals surface area contributed by atoms with E-state index in [0.717, 1.165) is 11.3 Å². The summed E-state index contributed by atoms with van der Waals surface area (Å²) >= 11 is 0. The smallest absolute Gasteiger partial charge is 0.322 e. The number of piperazine rings is 1. The lowest BCUT2D eigenvalue weighted by Crippen LogP contribution is -2.51. The van der Waals surface area contributed by atoms with E-state index in [4.69, 9.17) is 0 Å². The highest BCUT2D eigenvalue weighted by molar-refractivity contribution is 5.92. The van der Waals surface area contributed by atoms with Gasteiger partial charge in [0.2, 0.25) is 5.91 Å². The molecule has 2 N–H and O–H groups in total. The Kier molecular flexibility index (Phi) is 6.03. The number of benzene rings is 2. The highest BCUT2D eigenvalue weighted by Gasteiger charge is 2.23. The summed E-state index contributed by atoms with van der Waals surface area (Å²) in [6.07, 6.45) is 0. The molecule has 0 bridgehead atoms. The number of carbonyl (C=O) groups is 2. The van der Waals surface area contributed by atoms with Crippen molar-refractivity contribution in [3.05, 3.63) is 59.9 Å². The molecule has 3 amide bonds. The van der Waals surface area contributed by atoms with Crippen LogP contribution in [0.25, 0.3) is 0 Å². The molecule has 27 heavy (non-hydrogen) atoms. The van der Waals surface area contributed by atoms with Crippen LogP contribution in [0.5, 0.6) is 0 Å². The summed E-state index contributed by atoms with van der Waals surface area (Å²) in [4.78, 5) is 28.1. The average Bonchev–Trinajstić information content (AvgIpc) is 2.66. The number of urea groups is 1. The Bertz CT molecular complexity index is 802. The zero-order chi connectivity index (χ0) is 19.2. The third-order valence-electron chi connectivity index (χ3n) is 4.48. The second kappa shape index (κ2) is 8.64. The Balaban J connectivity index is 1.44. The number of rotatable bonds is 4. The van der Waals surface area contributed by atoms with Crippen molar-refractivity contribution in [2.45, 2.75) is 6.92 Å². The van der Waals surface area contributed by atoms with Gasteiger partial charge in [0.15, 0.2) is 0 Å². The molecular formula is C20H23FN4O2. The number of amides is 3. The first-order valence-electron chi connectivity index (χ1n) is 8.90. The molecule has 3 rings (SSSR count). The number of anilines is 2. The molecule has 6 nitrogen and oxygen atoms in total. The predicted molar refractivity (Wildman–Crippen MR) is 103 cm³/mol. The van der Waals surface area contributed by atoms with Crippen LogP contribution in [0.15, 0.2) is 48.5 Å². The Morgan fingerprint density at radius 2 is 1.63 bits per heavy atom. The Labute approximate surface area is 158 Å². The van der Waals surface area contributed by atoms with Gasteiger partial charge in [0.25, 0.3) is 0 Å². The molecule has 1 fully saturated rings. The first kappa shape index (κ1) is 18.8. The summed E-state index contributed by atoms with van der Waals surface area (Å²) in [5.41, 5.74) is 2.08. The van der Waals surface area contributed by atoms with E-state index >= 15 is 0 Å². The van der Waals surface area contributed by atoms with Crippen molar-refractivity contribution in [1.29, 1.82) is 0 Å². The third-order valence-corrected chi connectivity index (χ3v) is 4.48. The van der Waals surface area contributed by atoms with Crippen LogP contribution < -0.4 is 10.6 Å². The normalized spacial score (nSPS) is 14.7. The summed E-state index contributed by atoms with van der Waals surface area (Å²) in [7, 11) is 0. The van der Waals surface area contributed by atoms with Gasteiger partial charge < -0.3 is 15.5 Å². The van der Waals surface area contributed by atoms with Crippen molar-refractivity contribution in [1.82, 2.24) is 9.80 Å². The van der Waals surface area contributed by atoms with Crippen molar-refractivity contribution in [2.75, 3.05) is 43.4 Å². The second-order valence-electron chi connectivity index (χ2n) is 6.59. The van der Waals surface area contributed by atoms with Gasteiger partial charge in [-0.05, 0) is 31.2 Å². The molecule has 1 aliphatic rings. The molecule has 1 saturated heterocycles. The van der Waals surface area contributed by atoms with Gasteiger partial charge in [-0.2, -0.15) is 0 Å². The maximum Gasteiger partial charge on any atom is 0.322 e. The number of nitrogens with one attached hydrogen (secondary N) is 2. The molecule has 1 heterocycles. The van der Waals surface area contributed by atoms with E-state index in [2.05, 4.69) is 10.6 Å². The minimum atomic E-state index is -0.461. The highest BCUT2D eigenvalue weighted by atomic mass is 19.1. The number of hydrogen-bond acceptors (Lipinski definition) is 3. The number of carbonyl (C=O) groups excluding carboxylic acids is 2. The van der Waals surface area contributed by atoms with Crippen LogP contribution in [0.4, 0.5) is 20.6 Å². The van der Waals surface area contributed by atoms with Gasteiger partial charge >= 0.3 is 6.03 Å². The maximum atomic E-state index is 13.6. The average molecular weight is 370 g/mol. The van der Waals surface area contributed by atoms with E-state index in [1.807, 2.05) is 36.1 Å². The van der Waals surface area contributed by atoms with Crippen molar-refractivity contribution in [3.8, 4) is 0 Å². The fraction of sp³-hybridized carbons (Fsp3) is 0.300. The molecule has 7 heteroatoms. The summed E-state index contributed by atoms with van der Waals surface area (Å²) in [5, 5.41) is 5.46. The van der Waals surface area contributed by atoms with Crippen LogP contribution in [0, 0.1) is 12.7 Å². The van der Waals surface area contributed by atoms with E-state index < -0.39 is 5.82 Å². The van der Waals surface area contributed by atoms with Crippen LogP contribution in [0.3, 0.4) is 0 Å². The highest BCUT2D eigenvalue weighted by Crippen LogP contribution is 2.14. The maximum absolute atomic E-state index is 13.6. The van der Waals surface area contributed by atoms with Gasteiger partial charge in [-0.1, -0.05) is 29.8 Å². The van der Waals surface area contributed by atoms with Crippen molar-refractivity contribution in [3.63, 3.8) is 0 Å². The lowest BCUT2D eigenvalue weighted by molar-refractivity contribution is -0.117. The Morgan fingerprint density at radius 1 is 0.963 bits per heavy atom. The van der Waals surface area contributed by atoms with Crippen LogP contribution in [-0.2, 0) is 4.79 Å². The van der Waals surface area contributed by atoms with Crippen LogP contribution in [-0.4, -0.2) is 54.5 Å². The monoisotopic (exact) mass is 370 g/mol. The van der Waals surface area contributed by atoms with Crippen molar-refractivity contribution >= 4 is 23.3 Å². The van der Waals surface area contributed by atoms with Gasteiger partial charge in [-0.25, -0.2) is 9.18 Å². The largest absolute Gasteiger partial charge is 0.325 e. The fourth-order valence-electron chi connectivity index (χ4n) is 2.91. The molecule has 0 aromatic heterocycles. The lowest BCUT2D eigenvalue weighted by Gasteiger charge is -2.34. The zero-order valence-corrected chi connectivity index (χ0v) is 15.2. The SMILES string of the molecule is Cc1ccc(NC(=O)CN2CCN(C(=O)Nc3ccccc3F)CC2)cc1. The number of aryl methyl sites for hydroxylation is 1. The lowest BCUT2D eigenvalue weighted by atomic mass is 10.2. The molecule has 142 valence electrons. The van der Waals surface area contributed by atoms with Gasteiger partial charge in [0.05, 0.1) is 12.2 Å². The van der Waals surface area contributed by atoms with E-state index in [1.54, 1.807) is 17.0 Å². The number of nitrogens with zero attached hydrogens (tertiary/aromatic N) is 2. The molecule has 2 aromatic carbocycles. The van der Waals surface area contributed by atoms with Gasteiger partial charge in [0.1, 0.15) is 5.82 Å². The molecular weight excluding hydrogens is 347 g/mol. The molecule has 1 aliphatic heterocycles. The van der Waals surface area contributed by atoms with Gasteiger partial charge in [-0.3, -0.25) is 9.69 Å². The van der Waals surface area contributed by atoms with Gasteiger partial charge in [0, 0.05) is 31.9 Å². The molecule has 0 radical (unpaired) electrons. The molecule has 0 spiro atoms. The first-order valence-corrected chi connectivity index (χ1v) is 8.90.